The summed E-state index contributed by atoms with van der Waals surface area (Å²) in [7, 11) is 0. The van der Waals surface area contributed by atoms with Crippen molar-refractivity contribution >= 4 is 32.6 Å². The fourth-order valence-corrected chi connectivity index (χ4v) is 3.87. The number of benzene rings is 1. The molecule has 1 aliphatic rings. The van der Waals surface area contributed by atoms with Gasteiger partial charge in [0.05, 0.1) is 16.1 Å². The number of carbonyl (C=O) groups is 1. The fraction of sp³-hybridized carbons (Fsp3) is 0.278. The Hall–Kier alpha value is -2.47. The molecule has 1 N–H and O–H groups in total. The number of rotatable bonds is 4. The van der Waals surface area contributed by atoms with Gasteiger partial charge in [0.1, 0.15) is 0 Å². The number of carbonyl (C=O) groups excluding carboxylic acids is 1. The number of fused-ring (bicyclic) bond motifs is 1. The molecule has 0 atom stereocenters. The van der Waals surface area contributed by atoms with Crippen LogP contribution in [0.15, 0.2) is 42.7 Å². The molecular weight excluding hydrogens is 320 g/mol. The number of thiazole rings is 1. The van der Waals surface area contributed by atoms with Crippen LogP contribution in [0.5, 0.6) is 0 Å². The molecule has 5 nitrogen and oxygen atoms in total. The molecule has 1 amide bonds. The van der Waals surface area contributed by atoms with Crippen LogP contribution >= 0.6 is 11.3 Å². The van der Waals surface area contributed by atoms with Gasteiger partial charge in [-0.2, -0.15) is 0 Å². The van der Waals surface area contributed by atoms with Crippen LogP contribution < -0.4 is 10.2 Å². The quantitative estimate of drug-likeness (QED) is 0.795. The third kappa shape index (κ3) is 2.97. The number of amides is 1. The highest BCUT2D eigenvalue weighted by atomic mass is 32.1. The fourth-order valence-electron chi connectivity index (χ4n) is 2.79. The second-order valence-corrected chi connectivity index (χ2v) is 7.15. The molecule has 3 heterocycles. The average Bonchev–Trinajstić information content (AvgIpc) is 2.95. The summed E-state index contributed by atoms with van der Waals surface area (Å²) in [5.41, 5.74) is 3.34. The largest absolute Gasteiger partial charge is 0.352 e. The van der Waals surface area contributed by atoms with Gasteiger partial charge in [-0.05, 0) is 42.3 Å². The Kier molecular flexibility index (Phi) is 3.90. The van der Waals surface area contributed by atoms with E-state index in [9.17, 15) is 4.79 Å². The van der Waals surface area contributed by atoms with E-state index in [0.29, 0.717) is 6.54 Å². The van der Waals surface area contributed by atoms with Gasteiger partial charge in [-0.1, -0.05) is 17.4 Å². The van der Waals surface area contributed by atoms with Crippen LogP contribution in [0.1, 0.15) is 11.1 Å². The molecule has 4 rings (SSSR count). The van der Waals surface area contributed by atoms with E-state index in [1.54, 1.807) is 23.7 Å². The van der Waals surface area contributed by atoms with E-state index in [0.717, 1.165) is 29.3 Å². The molecule has 1 aliphatic heterocycles. The van der Waals surface area contributed by atoms with Gasteiger partial charge in [0.2, 0.25) is 5.91 Å². The van der Waals surface area contributed by atoms with Crippen molar-refractivity contribution in [1.82, 2.24) is 15.3 Å². The minimum absolute atomic E-state index is 0.0422. The maximum atomic E-state index is 12.2. The second kappa shape index (κ2) is 6.20. The van der Waals surface area contributed by atoms with Crippen LogP contribution in [0, 0.1) is 12.8 Å². The topological polar surface area (TPSA) is 58.1 Å². The lowest BCUT2D eigenvalue weighted by Gasteiger charge is -2.37. The molecule has 3 aromatic rings. The van der Waals surface area contributed by atoms with Gasteiger partial charge in [-0.15, -0.1) is 0 Å². The molecule has 0 spiro atoms. The number of anilines is 1. The van der Waals surface area contributed by atoms with Crippen LogP contribution in [0.2, 0.25) is 0 Å². The molecule has 1 aromatic carbocycles. The first kappa shape index (κ1) is 15.1. The van der Waals surface area contributed by atoms with E-state index in [1.165, 1.54) is 10.3 Å². The summed E-state index contributed by atoms with van der Waals surface area (Å²) in [6, 6.07) is 10.1. The van der Waals surface area contributed by atoms with Gasteiger partial charge in [0.15, 0.2) is 5.13 Å². The maximum absolute atomic E-state index is 12.2. The van der Waals surface area contributed by atoms with Crippen molar-refractivity contribution in [2.24, 2.45) is 5.92 Å². The predicted molar refractivity (Wildman–Crippen MR) is 96.1 cm³/mol. The third-order valence-corrected chi connectivity index (χ3v) is 5.35. The zero-order chi connectivity index (χ0) is 16.5. The van der Waals surface area contributed by atoms with E-state index >= 15 is 0 Å². The number of aryl methyl sites for hydroxylation is 1. The van der Waals surface area contributed by atoms with Gasteiger partial charge >= 0.3 is 0 Å². The molecule has 122 valence electrons. The van der Waals surface area contributed by atoms with Crippen LogP contribution in [0.3, 0.4) is 0 Å². The Morgan fingerprint density at radius 1 is 1.29 bits per heavy atom. The summed E-state index contributed by atoms with van der Waals surface area (Å²) in [5.74, 6) is 0.153. The van der Waals surface area contributed by atoms with Crippen LogP contribution in [-0.4, -0.2) is 29.0 Å². The van der Waals surface area contributed by atoms with Gasteiger partial charge in [-0.3, -0.25) is 9.78 Å². The average molecular weight is 338 g/mol. The van der Waals surface area contributed by atoms with E-state index in [4.69, 9.17) is 0 Å². The predicted octanol–water partition coefficient (Wildman–Crippen LogP) is 2.75. The summed E-state index contributed by atoms with van der Waals surface area (Å²) >= 11 is 1.70. The lowest BCUT2D eigenvalue weighted by molar-refractivity contribution is -0.125. The first-order chi connectivity index (χ1) is 11.7. The lowest BCUT2D eigenvalue weighted by atomic mass is 10.00. The molecule has 1 fully saturated rings. The first-order valence-corrected chi connectivity index (χ1v) is 8.79. The summed E-state index contributed by atoms with van der Waals surface area (Å²) < 4.78 is 1.20. The second-order valence-electron chi connectivity index (χ2n) is 6.14. The number of nitrogens with zero attached hydrogens (tertiary/aromatic N) is 3. The zero-order valence-corrected chi connectivity index (χ0v) is 14.2. The highest BCUT2D eigenvalue weighted by Crippen LogP contribution is 2.33. The Bertz CT molecular complexity index is 871. The standard InChI is InChI=1S/C18H18N4OS/c1-12-2-3-15-16(8-12)24-18(21-15)22-10-14(11-22)17(23)20-9-13-4-6-19-7-5-13/h2-8,14H,9-11H2,1H3,(H,20,23). The number of hydrogen-bond donors (Lipinski definition) is 1. The first-order valence-electron chi connectivity index (χ1n) is 7.98. The van der Waals surface area contributed by atoms with E-state index < -0.39 is 0 Å². The highest BCUT2D eigenvalue weighted by Gasteiger charge is 2.34. The van der Waals surface area contributed by atoms with Crippen molar-refractivity contribution in [3.63, 3.8) is 0 Å². The van der Waals surface area contributed by atoms with Crippen LogP contribution in [0.25, 0.3) is 10.2 Å². The smallest absolute Gasteiger partial charge is 0.226 e. The molecule has 24 heavy (non-hydrogen) atoms. The van der Waals surface area contributed by atoms with Crippen molar-refractivity contribution in [3.05, 3.63) is 53.9 Å². The van der Waals surface area contributed by atoms with E-state index in [2.05, 4.69) is 45.3 Å². The Labute approximate surface area is 144 Å². The highest BCUT2D eigenvalue weighted by molar-refractivity contribution is 7.22. The number of nitrogens with one attached hydrogen (secondary N) is 1. The molecule has 2 aromatic heterocycles. The maximum Gasteiger partial charge on any atom is 0.226 e. The van der Waals surface area contributed by atoms with Crippen molar-refractivity contribution in [1.29, 1.82) is 0 Å². The monoisotopic (exact) mass is 338 g/mol. The van der Waals surface area contributed by atoms with Gasteiger partial charge in [-0.25, -0.2) is 4.98 Å². The minimum Gasteiger partial charge on any atom is -0.352 e. The summed E-state index contributed by atoms with van der Waals surface area (Å²) in [4.78, 5) is 23.0. The molecular formula is C18H18N4OS. The molecule has 0 radical (unpaired) electrons. The molecule has 0 unspecified atom stereocenters. The van der Waals surface area contributed by atoms with Gasteiger partial charge in [0, 0.05) is 32.0 Å². The Morgan fingerprint density at radius 2 is 2.08 bits per heavy atom. The summed E-state index contributed by atoms with van der Waals surface area (Å²) in [5, 5.41) is 4.00. The SMILES string of the molecule is Cc1ccc2nc(N3CC(C(=O)NCc4ccncc4)C3)sc2c1. The van der Waals surface area contributed by atoms with Crippen molar-refractivity contribution in [2.45, 2.75) is 13.5 Å². The van der Waals surface area contributed by atoms with Gasteiger partial charge in [0.25, 0.3) is 0 Å². The van der Waals surface area contributed by atoms with Crippen molar-refractivity contribution < 1.29 is 4.79 Å². The minimum atomic E-state index is 0.0422. The molecule has 0 aliphatic carbocycles. The molecule has 0 saturated carbocycles. The van der Waals surface area contributed by atoms with Crippen molar-refractivity contribution in [2.75, 3.05) is 18.0 Å². The van der Waals surface area contributed by atoms with Crippen LogP contribution in [-0.2, 0) is 11.3 Å². The van der Waals surface area contributed by atoms with Gasteiger partial charge < -0.3 is 10.2 Å². The normalized spacial score (nSPS) is 14.6. The number of aromatic nitrogens is 2. The molecule has 0 bridgehead atoms. The number of pyridine rings is 1. The van der Waals surface area contributed by atoms with Crippen LogP contribution in [0.4, 0.5) is 5.13 Å². The van der Waals surface area contributed by atoms with E-state index in [-0.39, 0.29) is 11.8 Å². The van der Waals surface area contributed by atoms with E-state index in [1.807, 2.05) is 12.1 Å². The molecule has 6 heteroatoms. The number of hydrogen-bond acceptors (Lipinski definition) is 5. The zero-order valence-electron chi connectivity index (χ0n) is 13.4. The summed E-state index contributed by atoms with van der Waals surface area (Å²) in [6.45, 7) is 4.12. The third-order valence-electron chi connectivity index (χ3n) is 4.27. The Morgan fingerprint density at radius 3 is 2.88 bits per heavy atom. The Balaban J connectivity index is 1.34. The molecule has 1 saturated heterocycles. The lowest BCUT2D eigenvalue weighted by Crippen LogP contribution is -2.53. The van der Waals surface area contributed by atoms with Crippen molar-refractivity contribution in [3.8, 4) is 0 Å². The summed E-state index contributed by atoms with van der Waals surface area (Å²) in [6.07, 6.45) is 3.48.